The van der Waals surface area contributed by atoms with Gasteiger partial charge in [0.05, 0.1) is 0 Å². The first-order valence-corrected chi connectivity index (χ1v) is 9.21. The van der Waals surface area contributed by atoms with Gasteiger partial charge in [-0.1, -0.05) is 6.42 Å². The van der Waals surface area contributed by atoms with Crippen LogP contribution in [0, 0.1) is 0 Å². The molecule has 1 aromatic heterocycles. The number of nitrogens with one attached hydrogen (secondary N) is 2. The molecule has 0 saturated carbocycles. The lowest BCUT2D eigenvalue weighted by atomic mass is 10.2. The quantitative estimate of drug-likeness (QED) is 0.418. The van der Waals surface area contributed by atoms with Crippen LogP contribution < -0.4 is 10.6 Å². The zero-order valence-corrected chi connectivity index (χ0v) is 15.3. The Kier molecular flexibility index (Phi) is 8.30. The smallest absolute Gasteiger partial charge is 0.319 e. The Hall–Kier alpha value is -2.19. The average Bonchev–Trinajstić information content (AvgIpc) is 3.00. The second-order valence-corrected chi connectivity index (χ2v) is 6.20. The summed E-state index contributed by atoms with van der Waals surface area (Å²) in [6.45, 7) is 2.26. The van der Waals surface area contributed by atoms with E-state index in [1.165, 1.54) is 12.4 Å². The van der Waals surface area contributed by atoms with E-state index in [4.69, 9.17) is 0 Å². The molecule has 7 nitrogen and oxygen atoms in total. The fourth-order valence-electron chi connectivity index (χ4n) is 2.89. The van der Waals surface area contributed by atoms with Gasteiger partial charge in [0.15, 0.2) is 5.96 Å². The predicted octanol–water partition coefficient (Wildman–Crippen LogP) is 2.13. The zero-order chi connectivity index (χ0) is 18.8. The van der Waals surface area contributed by atoms with E-state index in [1.54, 1.807) is 0 Å². The van der Waals surface area contributed by atoms with Crippen molar-refractivity contribution in [2.45, 2.75) is 52.1 Å². The lowest BCUT2D eigenvalue weighted by molar-refractivity contribution is -0.130. The van der Waals surface area contributed by atoms with Crippen molar-refractivity contribution >= 4 is 11.9 Å². The number of nitrogens with zero attached hydrogens (tertiary/aromatic N) is 4. The molecule has 2 rings (SSSR count). The fraction of sp³-hybridized carbons (Fsp3) is 0.706. The van der Waals surface area contributed by atoms with Crippen molar-refractivity contribution in [1.82, 2.24) is 25.1 Å². The molecular weight excluding hydrogens is 342 g/mol. The van der Waals surface area contributed by atoms with Crippen molar-refractivity contribution in [3.05, 3.63) is 18.2 Å². The SMILES string of the molecule is CCNC(=NCc1nccn1C(F)F)NCCCN1CCCCCC1=O. The molecule has 0 bridgehead atoms. The number of halogens is 2. The first-order chi connectivity index (χ1) is 12.6. The lowest BCUT2D eigenvalue weighted by Crippen LogP contribution is -2.39. The lowest BCUT2D eigenvalue weighted by Gasteiger charge is -2.20. The second kappa shape index (κ2) is 10.7. The molecule has 1 aromatic rings. The van der Waals surface area contributed by atoms with Crippen LogP contribution in [0.4, 0.5) is 8.78 Å². The Morgan fingerprint density at radius 1 is 1.35 bits per heavy atom. The summed E-state index contributed by atoms with van der Waals surface area (Å²) in [5.74, 6) is 1.01. The van der Waals surface area contributed by atoms with Crippen LogP contribution in [-0.4, -0.2) is 52.5 Å². The van der Waals surface area contributed by atoms with Gasteiger partial charge < -0.3 is 15.5 Å². The molecule has 2 heterocycles. The maximum Gasteiger partial charge on any atom is 0.319 e. The number of guanidine groups is 1. The van der Waals surface area contributed by atoms with Crippen LogP contribution in [0.3, 0.4) is 0 Å². The minimum atomic E-state index is -2.62. The molecule has 9 heteroatoms. The van der Waals surface area contributed by atoms with E-state index in [1.807, 2.05) is 11.8 Å². The summed E-state index contributed by atoms with van der Waals surface area (Å²) in [6.07, 6.45) is 7.21. The van der Waals surface area contributed by atoms with Crippen molar-refractivity contribution in [3.8, 4) is 0 Å². The minimum absolute atomic E-state index is 0.0668. The molecule has 0 spiro atoms. The van der Waals surface area contributed by atoms with Crippen molar-refractivity contribution in [2.75, 3.05) is 26.2 Å². The third-order valence-electron chi connectivity index (χ3n) is 4.25. The molecular formula is C17H28F2N6O. The van der Waals surface area contributed by atoms with Gasteiger partial charge in [0.2, 0.25) is 5.91 Å². The number of hydrogen-bond donors (Lipinski definition) is 2. The number of hydrogen-bond acceptors (Lipinski definition) is 3. The van der Waals surface area contributed by atoms with Crippen LogP contribution in [0.2, 0.25) is 0 Å². The molecule has 0 atom stereocenters. The van der Waals surface area contributed by atoms with Crippen LogP contribution >= 0.6 is 0 Å². The summed E-state index contributed by atoms with van der Waals surface area (Å²) < 4.78 is 26.5. The maximum absolute atomic E-state index is 12.8. The monoisotopic (exact) mass is 370 g/mol. The standard InChI is InChI=1S/C17H28F2N6O/c1-2-20-17(23-13-14-21-9-12-25(14)16(18)19)22-8-6-11-24-10-5-3-4-7-15(24)26/h9,12,16H,2-8,10-11,13H2,1H3,(H2,20,22,23). The summed E-state index contributed by atoms with van der Waals surface area (Å²) in [5.41, 5.74) is 0. The van der Waals surface area contributed by atoms with E-state index in [0.29, 0.717) is 25.5 Å². The number of rotatable bonds is 8. The number of carbonyl (C=O) groups excluding carboxylic acids is 1. The molecule has 1 amide bonds. The van der Waals surface area contributed by atoms with E-state index in [-0.39, 0.29) is 18.3 Å². The summed E-state index contributed by atoms with van der Waals surface area (Å²) >= 11 is 0. The number of likely N-dealkylation sites (tertiary alicyclic amines) is 1. The summed E-state index contributed by atoms with van der Waals surface area (Å²) in [7, 11) is 0. The van der Waals surface area contributed by atoms with Gasteiger partial charge in [-0.15, -0.1) is 0 Å². The number of aromatic nitrogens is 2. The van der Waals surface area contributed by atoms with Crippen LogP contribution in [0.25, 0.3) is 0 Å². The molecule has 0 aromatic carbocycles. The first kappa shape index (κ1) is 20.1. The highest BCUT2D eigenvalue weighted by molar-refractivity contribution is 5.79. The van der Waals surface area contributed by atoms with Gasteiger partial charge in [0, 0.05) is 45.0 Å². The Morgan fingerprint density at radius 3 is 2.96 bits per heavy atom. The van der Waals surface area contributed by atoms with Crippen molar-refractivity contribution < 1.29 is 13.6 Å². The summed E-state index contributed by atoms with van der Waals surface area (Å²) in [5, 5.41) is 6.26. The van der Waals surface area contributed by atoms with Crippen molar-refractivity contribution in [3.63, 3.8) is 0 Å². The third kappa shape index (κ3) is 6.27. The second-order valence-electron chi connectivity index (χ2n) is 6.20. The molecule has 0 unspecified atom stereocenters. The summed E-state index contributed by atoms with van der Waals surface area (Å²) in [4.78, 5) is 22.1. The van der Waals surface area contributed by atoms with Gasteiger partial charge in [-0.3, -0.25) is 9.36 Å². The molecule has 1 aliphatic rings. The number of imidazole rings is 1. The average molecular weight is 370 g/mol. The number of amides is 1. The highest BCUT2D eigenvalue weighted by atomic mass is 19.3. The van der Waals surface area contributed by atoms with Gasteiger partial charge >= 0.3 is 6.55 Å². The Bertz CT molecular complexity index is 590. The Morgan fingerprint density at radius 2 is 2.19 bits per heavy atom. The van der Waals surface area contributed by atoms with Crippen LogP contribution in [0.5, 0.6) is 0 Å². The summed E-state index contributed by atoms with van der Waals surface area (Å²) in [6, 6.07) is 0. The topological polar surface area (TPSA) is 74.6 Å². The number of carbonyl (C=O) groups is 1. The zero-order valence-electron chi connectivity index (χ0n) is 15.3. The molecule has 2 N–H and O–H groups in total. The highest BCUT2D eigenvalue weighted by Gasteiger charge is 2.15. The van der Waals surface area contributed by atoms with Gasteiger partial charge in [0.1, 0.15) is 12.4 Å². The largest absolute Gasteiger partial charge is 0.357 e. The van der Waals surface area contributed by atoms with E-state index in [0.717, 1.165) is 43.3 Å². The third-order valence-corrected chi connectivity index (χ3v) is 4.25. The van der Waals surface area contributed by atoms with Gasteiger partial charge in [0.25, 0.3) is 0 Å². The molecule has 26 heavy (non-hydrogen) atoms. The molecule has 0 aliphatic carbocycles. The first-order valence-electron chi connectivity index (χ1n) is 9.21. The molecule has 146 valence electrons. The van der Waals surface area contributed by atoms with Crippen LogP contribution in [0.15, 0.2) is 17.4 Å². The van der Waals surface area contributed by atoms with Crippen LogP contribution in [-0.2, 0) is 11.3 Å². The fourth-order valence-corrected chi connectivity index (χ4v) is 2.89. The number of aliphatic imine (C=N–C) groups is 1. The van der Waals surface area contributed by atoms with E-state index < -0.39 is 6.55 Å². The Balaban J connectivity index is 1.79. The minimum Gasteiger partial charge on any atom is -0.357 e. The van der Waals surface area contributed by atoms with Crippen molar-refractivity contribution in [1.29, 1.82) is 0 Å². The number of alkyl halides is 2. The molecule has 0 radical (unpaired) electrons. The Labute approximate surface area is 152 Å². The van der Waals surface area contributed by atoms with Gasteiger partial charge in [-0.05, 0) is 26.2 Å². The van der Waals surface area contributed by atoms with Crippen LogP contribution in [0.1, 0.15) is 51.4 Å². The molecule has 1 fully saturated rings. The van der Waals surface area contributed by atoms with Gasteiger partial charge in [-0.25, -0.2) is 9.98 Å². The highest BCUT2D eigenvalue weighted by Crippen LogP contribution is 2.13. The van der Waals surface area contributed by atoms with Gasteiger partial charge in [-0.2, -0.15) is 8.78 Å². The van der Waals surface area contributed by atoms with E-state index in [2.05, 4.69) is 20.6 Å². The van der Waals surface area contributed by atoms with E-state index in [9.17, 15) is 13.6 Å². The predicted molar refractivity (Wildman–Crippen MR) is 96.0 cm³/mol. The maximum atomic E-state index is 12.8. The van der Waals surface area contributed by atoms with E-state index >= 15 is 0 Å². The normalized spacial score (nSPS) is 16.1. The van der Waals surface area contributed by atoms with Crippen molar-refractivity contribution in [2.24, 2.45) is 4.99 Å². The molecule has 1 aliphatic heterocycles. The molecule has 1 saturated heterocycles.